The van der Waals surface area contributed by atoms with Gasteiger partial charge >= 0.3 is 16.3 Å². The van der Waals surface area contributed by atoms with Crippen molar-refractivity contribution in [3.8, 4) is 5.75 Å². The second kappa shape index (κ2) is 9.37. The Balaban J connectivity index is 1.82. The summed E-state index contributed by atoms with van der Waals surface area (Å²) in [6.07, 6.45) is -5.06. The highest BCUT2D eigenvalue weighted by atomic mass is 32.2. The van der Waals surface area contributed by atoms with Crippen LogP contribution in [0, 0.1) is 0 Å². The van der Waals surface area contributed by atoms with Crippen molar-refractivity contribution in [1.82, 2.24) is 0 Å². The summed E-state index contributed by atoms with van der Waals surface area (Å²) in [7, 11) is -9.16. The Morgan fingerprint density at radius 1 is 0.909 bits per heavy atom. The van der Waals surface area contributed by atoms with E-state index in [0.717, 1.165) is 29.7 Å². The van der Waals surface area contributed by atoms with Crippen LogP contribution in [0.2, 0.25) is 0 Å². The molecule has 0 bridgehead atoms. The Bertz CT molecular complexity index is 1390. The van der Waals surface area contributed by atoms with Crippen molar-refractivity contribution >= 4 is 36.7 Å². The zero-order valence-electron chi connectivity index (χ0n) is 16.5. The summed E-state index contributed by atoms with van der Waals surface area (Å²) in [6.45, 7) is -0.488. The zero-order chi connectivity index (χ0) is 24.3. The molecule has 0 spiro atoms. The maximum Gasteiger partial charge on any atom is 0.437 e. The molecule has 0 atom stereocenters. The molecule has 0 N–H and O–H groups in total. The van der Waals surface area contributed by atoms with Gasteiger partial charge in [-0.05, 0) is 47.2 Å². The first-order valence-electron chi connectivity index (χ1n) is 9.10. The molecule has 0 saturated carbocycles. The highest BCUT2D eigenvalue weighted by Gasteiger charge is 2.38. The van der Waals surface area contributed by atoms with Crippen molar-refractivity contribution in [2.45, 2.75) is 11.1 Å². The average Bonchev–Trinajstić information content (AvgIpc) is 2.72. The van der Waals surface area contributed by atoms with Crippen molar-refractivity contribution in [2.24, 2.45) is 5.16 Å². The lowest BCUT2D eigenvalue weighted by Gasteiger charge is -2.12. The van der Waals surface area contributed by atoms with E-state index in [0.29, 0.717) is 5.39 Å². The van der Waals surface area contributed by atoms with E-state index in [2.05, 4.69) is 9.44 Å². The summed E-state index contributed by atoms with van der Waals surface area (Å²) in [5, 5.41) is 4.13. The van der Waals surface area contributed by atoms with Crippen molar-refractivity contribution in [2.75, 3.05) is 12.4 Å². The van der Waals surface area contributed by atoms with Gasteiger partial charge in [-0.25, -0.2) is 8.42 Å². The van der Waals surface area contributed by atoms with Gasteiger partial charge in [0.05, 0.1) is 15.9 Å². The first kappa shape index (κ1) is 24.5. The van der Waals surface area contributed by atoms with Gasteiger partial charge in [0, 0.05) is 5.56 Å². The monoisotopic (exact) mass is 502 g/mol. The number of hydrogen-bond donors (Lipinski definition) is 0. The molecule has 176 valence electrons. The van der Waals surface area contributed by atoms with Gasteiger partial charge in [-0.15, -0.1) is 0 Å². The fraction of sp³-hybridized carbons (Fsp3) is 0.150. The van der Waals surface area contributed by atoms with E-state index < -0.39 is 50.0 Å². The van der Waals surface area contributed by atoms with Crippen LogP contribution in [0.1, 0.15) is 5.56 Å². The van der Waals surface area contributed by atoms with Gasteiger partial charge in [-0.3, -0.25) is 4.28 Å². The van der Waals surface area contributed by atoms with Crippen LogP contribution in [-0.2, 0) is 24.5 Å². The number of halogens is 3. The van der Waals surface area contributed by atoms with Gasteiger partial charge < -0.3 is 9.29 Å². The van der Waals surface area contributed by atoms with Crippen molar-refractivity contribution < 1.29 is 43.6 Å². The molecule has 33 heavy (non-hydrogen) atoms. The Morgan fingerprint density at radius 3 is 2.15 bits per heavy atom. The molecule has 0 aromatic heterocycles. The topological polar surface area (TPSA) is 122 Å². The molecule has 3 rings (SSSR count). The standard InChI is InChI=1S/C20H16F3NO7S2/c21-20(22,23)19(15-5-8-17(9-6-15)30-11-12-32(25,26)27)24-31-33(28,29)18-10-7-14-3-1-2-4-16(14)13-18/h1-10,13H,11-12H2,(H,25,26,27)/p-1/b24-19-. The van der Waals surface area contributed by atoms with E-state index in [4.69, 9.17) is 4.74 Å². The lowest BCUT2D eigenvalue weighted by molar-refractivity contribution is -0.0597. The quantitative estimate of drug-likeness (QED) is 0.263. The van der Waals surface area contributed by atoms with E-state index in [1.807, 2.05) is 0 Å². The molecule has 13 heteroatoms. The van der Waals surface area contributed by atoms with Crippen LogP contribution in [-0.4, -0.2) is 45.6 Å². The summed E-state index contributed by atoms with van der Waals surface area (Å²) >= 11 is 0. The molecule has 8 nitrogen and oxygen atoms in total. The first-order chi connectivity index (χ1) is 15.4. The Hall–Kier alpha value is -3.16. The molecule has 0 saturated heterocycles. The Labute approximate surface area is 187 Å². The average molecular weight is 502 g/mol. The van der Waals surface area contributed by atoms with Crippen molar-refractivity contribution in [3.63, 3.8) is 0 Å². The molecule has 0 aliphatic rings. The number of oxime groups is 1. The predicted octanol–water partition coefficient (Wildman–Crippen LogP) is 3.44. The number of ether oxygens (including phenoxy) is 1. The van der Waals surface area contributed by atoms with Gasteiger partial charge in [0.25, 0.3) is 0 Å². The maximum atomic E-state index is 13.5. The van der Waals surface area contributed by atoms with E-state index in [1.165, 1.54) is 18.2 Å². The van der Waals surface area contributed by atoms with Crippen LogP contribution >= 0.6 is 0 Å². The van der Waals surface area contributed by atoms with Crippen molar-refractivity contribution in [1.29, 1.82) is 0 Å². The molecule has 0 fully saturated rings. The molecule has 0 aliphatic heterocycles. The smallest absolute Gasteiger partial charge is 0.437 e. The minimum atomic E-state index is -5.06. The third-order valence-electron chi connectivity index (χ3n) is 4.23. The van der Waals surface area contributed by atoms with Gasteiger partial charge in [0.15, 0.2) is 5.71 Å². The van der Waals surface area contributed by atoms with Gasteiger partial charge in [-0.1, -0.05) is 35.5 Å². The normalized spacial score (nSPS) is 13.2. The molecular formula is C20H15F3NO7S2-. The fourth-order valence-electron chi connectivity index (χ4n) is 2.69. The number of rotatable bonds is 8. The lowest BCUT2D eigenvalue weighted by atomic mass is 10.1. The minimum Gasteiger partial charge on any atom is -0.748 e. The first-order valence-corrected chi connectivity index (χ1v) is 12.1. The van der Waals surface area contributed by atoms with Gasteiger partial charge in [0.2, 0.25) is 0 Å². The second-order valence-corrected chi connectivity index (χ2v) is 9.66. The summed E-state index contributed by atoms with van der Waals surface area (Å²) in [5.74, 6) is -0.821. The van der Waals surface area contributed by atoms with Crippen LogP contribution in [0.3, 0.4) is 0 Å². The van der Waals surface area contributed by atoms with Crippen molar-refractivity contribution in [3.05, 3.63) is 72.3 Å². The third kappa shape index (κ3) is 6.66. The Morgan fingerprint density at radius 2 is 1.55 bits per heavy atom. The largest absolute Gasteiger partial charge is 0.748 e. The number of hydrogen-bond acceptors (Lipinski definition) is 8. The molecular weight excluding hydrogens is 487 g/mol. The molecule has 3 aromatic carbocycles. The van der Waals surface area contributed by atoms with Crippen LogP contribution < -0.4 is 4.74 Å². The molecule has 0 aliphatic carbocycles. The molecule has 0 amide bonds. The van der Waals surface area contributed by atoms with Crippen LogP contribution in [0.4, 0.5) is 13.2 Å². The number of nitrogens with zero attached hydrogens (tertiary/aromatic N) is 1. The minimum absolute atomic E-state index is 0.00590. The van der Waals surface area contributed by atoms with Gasteiger partial charge in [0.1, 0.15) is 17.3 Å². The molecule has 0 unspecified atom stereocenters. The summed E-state index contributed by atoms with van der Waals surface area (Å²) in [5.41, 5.74) is -2.14. The van der Waals surface area contributed by atoms with E-state index in [-0.39, 0.29) is 10.6 Å². The third-order valence-corrected chi connectivity index (χ3v) is 6.00. The lowest BCUT2D eigenvalue weighted by Crippen LogP contribution is -2.25. The highest BCUT2D eigenvalue weighted by molar-refractivity contribution is 7.86. The second-order valence-electron chi connectivity index (χ2n) is 6.61. The predicted molar refractivity (Wildman–Crippen MR) is 111 cm³/mol. The van der Waals surface area contributed by atoms with E-state index >= 15 is 0 Å². The Kier molecular flexibility index (Phi) is 6.95. The summed E-state index contributed by atoms with van der Waals surface area (Å²) < 4.78 is 106. The molecule has 0 heterocycles. The van der Waals surface area contributed by atoms with Crippen LogP contribution in [0.15, 0.2) is 76.8 Å². The van der Waals surface area contributed by atoms with Crippen LogP contribution in [0.5, 0.6) is 5.75 Å². The molecule has 3 aromatic rings. The molecule has 0 radical (unpaired) electrons. The van der Waals surface area contributed by atoms with Gasteiger partial charge in [-0.2, -0.15) is 21.6 Å². The van der Waals surface area contributed by atoms with E-state index in [9.17, 15) is 34.6 Å². The SMILES string of the molecule is O=S(=O)([O-])CCOc1ccc(/C(=N/OS(=O)(=O)c2ccc3ccccc3c2)C(F)(F)F)cc1. The number of fused-ring (bicyclic) bond motifs is 1. The van der Waals surface area contributed by atoms with E-state index in [1.54, 1.807) is 24.3 Å². The van der Waals surface area contributed by atoms with Crippen LogP contribution in [0.25, 0.3) is 10.8 Å². The number of alkyl halides is 3. The number of benzene rings is 3. The zero-order valence-corrected chi connectivity index (χ0v) is 18.2. The maximum absolute atomic E-state index is 13.5. The summed E-state index contributed by atoms with van der Waals surface area (Å²) in [6, 6.07) is 14.7. The summed E-state index contributed by atoms with van der Waals surface area (Å²) in [4.78, 5) is -0.372. The highest BCUT2D eigenvalue weighted by Crippen LogP contribution is 2.26. The fourth-order valence-corrected chi connectivity index (χ4v) is 3.74.